The molecule has 0 aromatic carbocycles. The van der Waals surface area contributed by atoms with Crippen molar-refractivity contribution in [2.24, 2.45) is 5.92 Å². The highest BCUT2D eigenvalue weighted by molar-refractivity contribution is 6.00. The predicted molar refractivity (Wildman–Crippen MR) is 126 cm³/mol. The second-order valence-corrected chi connectivity index (χ2v) is 9.18. The van der Waals surface area contributed by atoms with Crippen LogP contribution in [0.5, 0.6) is 0 Å². The molecule has 2 N–H and O–H groups in total. The molecule has 2 saturated carbocycles. The minimum atomic E-state index is -0.00515. The molecule has 0 atom stereocenters. The summed E-state index contributed by atoms with van der Waals surface area (Å²) in [5.41, 5.74) is 9.80. The molecular formula is C24H26N8O2. The zero-order valence-corrected chi connectivity index (χ0v) is 19.2. The van der Waals surface area contributed by atoms with E-state index in [2.05, 4.69) is 20.1 Å². The lowest BCUT2D eigenvalue weighted by Gasteiger charge is -2.36. The predicted octanol–water partition coefficient (Wildman–Crippen LogP) is 3.43. The molecule has 0 saturated heterocycles. The summed E-state index contributed by atoms with van der Waals surface area (Å²) in [4.78, 5) is 27.6. The van der Waals surface area contributed by atoms with Crippen LogP contribution in [-0.2, 0) is 4.79 Å². The van der Waals surface area contributed by atoms with Crippen molar-refractivity contribution in [1.82, 2.24) is 34.8 Å². The Kier molecular flexibility index (Phi) is 4.82. The zero-order valence-electron chi connectivity index (χ0n) is 19.2. The maximum absolute atomic E-state index is 12.6. The first-order valence-corrected chi connectivity index (χ1v) is 11.7. The van der Waals surface area contributed by atoms with Gasteiger partial charge in [-0.15, -0.1) is 0 Å². The third kappa shape index (κ3) is 3.24. The van der Waals surface area contributed by atoms with Crippen LogP contribution >= 0.6 is 0 Å². The van der Waals surface area contributed by atoms with Crippen molar-refractivity contribution in [2.75, 3.05) is 19.3 Å². The van der Waals surface area contributed by atoms with Crippen molar-refractivity contribution in [3.63, 3.8) is 0 Å². The van der Waals surface area contributed by atoms with Gasteiger partial charge in [0.1, 0.15) is 29.3 Å². The fourth-order valence-electron chi connectivity index (χ4n) is 4.72. The Morgan fingerprint density at radius 2 is 2.03 bits per heavy atom. The smallest absolute Gasteiger partial charge is 0.225 e. The number of hydrogen-bond donors (Lipinski definition) is 1. The molecule has 0 bridgehead atoms. The van der Waals surface area contributed by atoms with E-state index in [1.54, 1.807) is 11.1 Å². The fraction of sp³-hybridized carbons (Fsp3) is 0.417. The van der Waals surface area contributed by atoms with Crippen LogP contribution in [-0.4, -0.2) is 54.3 Å². The van der Waals surface area contributed by atoms with Crippen molar-refractivity contribution in [2.45, 2.75) is 44.6 Å². The first kappa shape index (κ1) is 20.8. The van der Waals surface area contributed by atoms with Crippen molar-refractivity contribution in [1.29, 1.82) is 0 Å². The Labute approximate surface area is 196 Å². The van der Waals surface area contributed by atoms with E-state index in [4.69, 9.17) is 15.4 Å². The van der Waals surface area contributed by atoms with Crippen molar-refractivity contribution >= 4 is 22.8 Å². The molecule has 0 radical (unpaired) electrons. The Bertz CT molecular complexity index is 1370. The number of rotatable bonds is 6. The van der Waals surface area contributed by atoms with Crippen molar-refractivity contribution in [3.05, 3.63) is 36.5 Å². The van der Waals surface area contributed by atoms with Crippen LogP contribution in [0, 0.1) is 5.92 Å². The Morgan fingerprint density at radius 1 is 1.21 bits per heavy atom. The number of aromatic nitrogens is 6. The fourth-order valence-corrected chi connectivity index (χ4v) is 4.72. The Hall–Kier alpha value is -3.82. The van der Waals surface area contributed by atoms with Gasteiger partial charge in [0, 0.05) is 31.6 Å². The van der Waals surface area contributed by atoms with Crippen LogP contribution in [0.3, 0.4) is 0 Å². The lowest BCUT2D eigenvalue weighted by Crippen LogP contribution is -2.40. The summed E-state index contributed by atoms with van der Waals surface area (Å²) in [6.07, 6.45) is 6.77. The molecule has 174 valence electrons. The van der Waals surface area contributed by atoms with Crippen molar-refractivity contribution in [3.8, 4) is 22.6 Å². The zero-order chi connectivity index (χ0) is 23.4. The first-order chi connectivity index (χ1) is 16.6. The van der Waals surface area contributed by atoms with Crippen molar-refractivity contribution < 1.29 is 9.32 Å². The van der Waals surface area contributed by atoms with E-state index in [0.717, 1.165) is 29.9 Å². The molecular weight excluding hydrogens is 432 g/mol. The number of carbonyl (C=O) groups excluding carboxylic acids is 1. The average molecular weight is 459 g/mol. The highest BCUT2D eigenvalue weighted by Gasteiger charge is 2.40. The molecule has 10 heteroatoms. The molecule has 2 aliphatic carbocycles. The number of carbonyl (C=O) groups is 1. The second-order valence-electron chi connectivity index (χ2n) is 9.18. The topological polar surface area (TPSA) is 129 Å². The highest BCUT2D eigenvalue weighted by atomic mass is 16.5. The van der Waals surface area contributed by atoms with Gasteiger partial charge in [-0.2, -0.15) is 5.10 Å². The van der Waals surface area contributed by atoms with E-state index in [1.807, 2.05) is 36.9 Å². The standard InChI is InChI=1S/C24H26N8O2/c1-3-31(2)24(33)14-10-15(11-14)32-23-18(22(25)27-12-28-23)19(29-32)20-17(16-6-4-5-9-26-16)21(34-30-20)13-7-8-13/h4-6,9,12-15H,3,7-8,10-11H2,1-2H3,(H2,25,27,28). The van der Waals surface area contributed by atoms with Crippen LogP contribution < -0.4 is 5.73 Å². The summed E-state index contributed by atoms with van der Waals surface area (Å²) in [5.74, 6) is 1.69. The largest absolute Gasteiger partial charge is 0.383 e. The molecule has 0 unspecified atom stereocenters. The number of fused-ring (bicyclic) bond motifs is 1. The lowest BCUT2D eigenvalue weighted by atomic mass is 9.79. The van der Waals surface area contributed by atoms with E-state index < -0.39 is 0 Å². The number of nitrogen functional groups attached to an aromatic ring is 1. The van der Waals surface area contributed by atoms with Gasteiger partial charge in [0.05, 0.1) is 22.7 Å². The molecule has 0 spiro atoms. The lowest BCUT2D eigenvalue weighted by molar-refractivity contribution is -0.138. The Morgan fingerprint density at radius 3 is 2.74 bits per heavy atom. The van der Waals surface area contributed by atoms with E-state index in [-0.39, 0.29) is 17.9 Å². The number of hydrogen-bond acceptors (Lipinski definition) is 8. The van der Waals surface area contributed by atoms with E-state index in [1.165, 1.54) is 6.33 Å². The number of pyridine rings is 1. The molecule has 34 heavy (non-hydrogen) atoms. The summed E-state index contributed by atoms with van der Waals surface area (Å²) >= 11 is 0. The van der Waals surface area contributed by atoms with Gasteiger partial charge < -0.3 is 15.2 Å². The molecule has 2 aliphatic rings. The van der Waals surface area contributed by atoms with Gasteiger partial charge in [0.2, 0.25) is 5.91 Å². The quantitative estimate of drug-likeness (QED) is 0.465. The van der Waals surface area contributed by atoms with Crippen LogP contribution in [0.4, 0.5) is 5.82 Å². The summed E-state index contributed by atoms with van der Waals surface area (Å²) < 4.78 is 7.72. The second kappa shape index (κ2) is 7.89. The van der Waals surface area contributed by atoms with E-state index >= 15 is 0 Å². The monoisotopic (exact) mass is 458 g/mol. The van der Waals surface area contributed by atoms with E-state index in [9.17, 15) is 4.79 Å². The first-order valence-electron chi connectivity index (χ1n) is 11.7. The third-order valence-electron chi connectivity index (χ3n) is 6.99. The number of anilines is 1. The summed E-state index contributed by atoms with van der Waals surface area (Å²) in [6, 6.07) is 5.84. The molecule has 4 aromatic rings. The highest BCUT2D eigenvalue weighted by Crippen LogP contribution is 2.48. The van der Waals surface area contributed by atoms with Gasteiger partial charge in [-0.1, -0.05) is 11.2 Å². The summed E-state index contributed by atoms with van der Waals surface area (Å²) in [7, 11) is 1.84. The van der Waals surface area contributed by atoms with Crippen LogP contribution in [0.1, 0.15) is 50.3 Å². The molecule has 4 heterocycles. The number of amides is 1. The van der Waals surface area contributed by atoms with Gasteiger partial charge >= 0.3 is 0 Å². The maximum atomic E-state index is 12.6. The van der Waals surface area contributed by atoms with Gasteiger partial charge in [0.25, 0.3) is 0 Å². The molecule has 1 amide bonds. The van der Waals surface area contributed by atoms with Crippen LogP contribution in [0.2, 0.25) is 0 Å². The SMILES string of the molecule is CCN(C)C(=O)C1CC(n2nc(-c3noc(C4CC4)c3-c3ccccn3)c3c(N)ncnc32)C1. The molecule has 0 aliphatic heterocycles. The third-order valence-corrected chi connectivity index (χ3v) is 6.99. The van der Waals surface area contributed by atoms with Gasteiger partial charge in [-0.3, -0.25) is 9.78 Å². The van der Waals surface area contributed by atoms with Crippen LogP contribution in [0.15, 0.2) is 35.2 Å². The van der Waals surface area contributed by atoms with Gasteiger partial charge in [-0.05, 0) is 44.7 Å². The number of nitrogens with two attached hydrogens (primary N) is 1. The molecule has 2 fully saturated rings. The van der Waals surface area contributed by atoms with E-state index in [0.29, 0.717) is 53.5 Å². The summed E-state index contributed by atoms with van der Waals surface area (Å²) in [5, 5.41) is 10.0. The molecule has 10 nitrogen and oxygen atoms in total. The van der Waals surface area contributed by atoms with Crippen LogP contribution in [0.25, 0.3) is 33.7 Å². The normalized spacial score (nSPS) is 19.8. The molecule has 6 rings (SSSR count). The maximum Gasteiger partial charge on any atom is 0.225 e. The average Bonchev–Trinajstić information content (AvgIpc) is 3.47. The summed E-state index contributed by atoms with van der Waals surface area (Å²) in [6.45, 7) is 2.68. The number of nitrogens with zero attached hydrogens (tertiary/aromatic N) is 7. The molecule has 4 aromatic heterocycles. The van der Waals surface area contributed by atoms with Gasteiger partial charge in [-0.25, -0.2) is 14.6 Å². The minimum Gasteiger partial charge on any atom is -0.383 e. The van der Waals surface area contributed by atoms with Gasteiger partial charge in [0.15, 0.2) is 5.65 Å². The Balaban J connectivity index is 1.45. The minimum absolute atomic E-state index is 0.00515.